The van der Waals surface area contributed by atoms with Crippen molar-refractivity contribution >= 4 is 61.3 Å². The highest BCUT2D eigenvalue weighted by molar-refractivity contribution is 9.11. The SMILES string of the molecule is Nc1c(Br)cc(CC(NC(=O)N2CCC(N3Cc4ccccc4NC3=O)CC2)C(=O)O)cc1Br. The molecular weight excluding hydrogens is 570 g/mol. The molecule has 0 spiro atoms. The van der Waals surface area contributed by atoms with E-state index in [0.29, 0.717) is 47.1 Å². The van der Waals surface area contributed by atoms with Gasteiger partial charge in [-0.05, 0) is 74.0 Å². The van der Waals surface area contributed by atoms with E-state index in [1.807, 2.05) is 29.2 Å². The zero-order valence-corrected chi connectivity index (χ0v) is 21.4. The number of nitrogen functional groups attached to an aromatic ring is 1. The first-order valence-electron chi connectivity index (χ1n) is 10.9. The molecule has 180 valence electrons. The predicted molar refractivity (Wildman–Crippen MR) is 136 cm³/mol. The Morgan fingerprint density at radius 3 is 2.47 bits per heavy atom. The highest BCUT2D eigenvalue weighted by Gasteiger charge is 2.33. The zero-order valence-electron chi connectivity index (χ0n) is 18.3. The number of aliphatic carboxylic acids is 1. The van der Waals surface area contributed by atoms with Gasteiger partial charge in [-0.1, -0.05) is 18.2 Å². The van der Waals surface area contributed by atoms with Crippen LogP contribution < -0.4 is 16.4 Å². The summed E-state index contributed by atoms with van der Waals surface area (Å²) in [6.07, 6.45) is 1.36. The molecule has 0 aromatic heterocycles. The maximum Gasteiger partial charge on any atom is 0.326 e. The van der Waals surface area contributed by atoms with Crippen molar-refractivity contribution in [1.82, 2.24) is 15.1 Å². The molecule has 2 heterocycles. The average molecular weight is 595 g/mol. The minimum atomic E-state index is -1.11. The van der Waals surface area contributed by atoms with E-state index in [1.54, 1.807) is 17.0 Å². The second-order valence-electron chi connectivity index (χ2n) is 8.45. The van der Waals surface area contributed by atoms with Crippen LogP contribution in [-0.4, -0.2) is 58.1 Å². The van der Waals surface area contributed by atoms with E-state index in [0.717, 1.165) is 16.8 Å². The number of halogens is 2. The number of para-hydroxylation sites is 1. The lowest BCUT2D eigenvalue weighted by atomic mass is 10.0. The molecular formula is C23H25Br2N5O4. The van der Waals surface area contributed by atoms with Crippen LogP contribution in [0.5, 0.6) is 0 Å². The standard InChI is InChI=1S/C23H25Br2N5O4/c24-16-9-13(10-17(25)20(16)26)11-19(21(31)32)28-22(33)29-7-5-15(6-8-29)30-12-14-3-1-2-4-18(14)27-23(30)34/h1-4,9-10,15,19H,5-8,11-12,26H2,(H,27,34)(H,28,33)(H,31,32). The summed E-state index contributed by atoms with van der Waals surface area (Å²) < 4.78 is 1.30. The Morgan fingerprint density at radius 2 is 1.82 bits per heavy atom. The van der Waals surface area contributed by atoms with Gasteiger partial charge >= 0.3 is 18.0 Å². The van der Waals surface area contributed by atoms with Crippen molar-refractivity contribution in [3.8, 4) is 0 Å². The van der Waals surface area contributed by atoms with Gasteiger partial charge in [-0.15, -0.1) is 0 Å². The lowest BCUT2D eigenvalue weighted by Gasteiger charge is -2.40. The molecule has 0 aliphatic carbocycles. The van der Waals surface area contributed by atoms with Gasteiger partial charge in [0.25, 0.3) is 0 Å². The Hall–Kier alpha value is -2.79. The van der Waals surface area contributed by atoms with Crippen molar-refractivity contribution in [3.63, 3.8) is 0 Å². The Bertz CT molecular complexity index is 1100. The van der Waals surface area contributed by atoms with Crippen molar-refractivity contribution in [1.29, 1.82) is 0 Å². The second kappa shape index (κ2) is 10.2. The molecule has 0 saturated carbocycles. The van der Waals surface area contributed by atoms with E-state index in [1.165, 1.54) is 0 Å². The number of carbonyl (C=O) groups excluding carboxylic acids is 2. The first-order valence-corrected chi connectivity index (χ1v) is 12.5. The van der Waals surface area contributed by atoms with E-state index in [-0.39, 0.29) is 18.5 Å². The van der Waals surface area contributed by atoms with Crippen LogP contribution in [0.15, 0.2) is 45.3 Å². The summed E-state index contributed by atoms with van der Waals surface area (Å²) in [6.45, 7) is 1.41. The summed E-state index contributed by atoms with van der Waals surface area (Å²) in [6, 6.07) is 9.58. The molecule has 5 N–H and O–H groups in total. The van der Waals surface area contributed by atoms with Crippen molar-refractivity contribution in [2.45, 2.75) is 37.9 Å². The summed E-state index contributed by atoms with van der Waals surface area (Å²) in [5.41, 5.74) is 9.04. The van der Waals surface area contributed by atoms with Crippen molar-refractivity contribution in [2.24, 2.45) is 0 Å². The van der Waals surface area contributed by atoms with Crippen LogP contribution in [0.25, 0.3) is 0 Å². The summed E-state index contributed by atoms with van der Waals surface area (Å²) in [5, 5.41) is 15.2. The number of benzene rings is 2. The fraction of sp³-hybridized carbons (Fsp3) is 0.348. The highest BCUT2D eigenvalue weighted by atomic mass is 79.9. The Kier molecular flexibility index (Phi) is 7.32. The number of hydrogen-bond acceptors (Lipinski definition) is 4. The number of carboxylic acid groups (broad SMARTS) is 1. The minimum absolute atomic E-state index is 0.0113. The van der Waals surface area contributed by atoms with Gasteiger partial charge in [-0.3, -0.25) is 0 Å². The Morgan fingerprint density at radius 1 is 1.18 bits per heavy atom. The molecule has 34 heavy (non-hydrogen) atoms. The molecule has 2 aliphatic heterocycles. The minimum Gasteiger partial charge on any atom is -0.480 e. The predicted octanol–water partition coefficient (Wildman–Crippen LogP) is 4.01. The number of urea groups is 2. The fourth-order valence-corrected chi connectivity index (χ4v) is 5.61. The molecule has 0 radical (unpaired) electrons. The summed E-state index contributed by atoms with van der Waals surface area (Å²) in [7, 11) is 0. The number of nitrogens with zero attached hydrogens (tertiary/aromatic N) is 2. The number of fused-ring (bicyclic) bond motifs is 1. The smallest absolute Gasteiger partial charge is 0.326 e. The number of carboxylic acids is 1. The number of carbonyl (C=O) groups is 3. The molecule has 4 rings (SSSR count). The molecule has 2 aliphatic rings. The van der Waals surface area contributed by atoms with Gasteiger partial charge in [-0.25, -0.2) is 14.4 Å². The average Bonchev–Trinajstić information content (AvgIpc) is 2.81. The molecule has 11 heteroatoms. The number of nitrogens with two attached hydrogens (primary N) is 1. The Labute approximate surface area is 213 Å². The molecule has 1 unspecified atom stereocenters. The van der Waals surface area contributed by atoms with Crippen LogP contribution in [0.2, 0.25) is 0 Å². The third-order valence-electron chi connectivity index (χ3n) is 6.23. The molecule has 2 aromatic carbocycles. The van der Waals surface area contributed by atoms with Gasteiger partial charge in [0.15, 0.2) is 0 Å². The third-order valence-corrected chi connectivity index (χ3v) is 7.54. The first-order chi connectivity index (χ1) is 16.2. The van der Waals surface area contributed by atoms with E-state index in [4.69, 9.17) is 5.73 Å². The Balaban J connectivity index is 1.34. The topological polar surface area (TPSA) is 128 Å². The lowest BCUT2D eigenvalue weighted by Crippen LogP contribution is -2.54. The van der Waals surface area contributed by atoms with Crippen molar-refractivity contribution in [3.05, 3.63) is 56.5 Å². The van der Waals surface area contributed by atoms with E-state index < -0.39 is 18.0 Å². The van der Waals surface area contributed by atoms with Crippen molar-refractivity contribution < 1.29 is 19.5 Å². The molecule has 1 saturated heterocycles. The van der Waals surface area contributed by atoms with Crippen LogP contribution in [0.4, 0.5) is 21.0 Å². The largest absolute Gasteiger partial charge is 0.480 e. The maximum absolute atomic E-state index is 12.8. The van der Waals surface area contributed by atoms with Crippen molar-refractivity contribution in [2.75, 3.05) is 24.1 Å². The van der Waals surface area contributed by atoms with Gasteiger partial charge in [0.05, 0.1) is 5.69 Å². The summed E-state index contributed by atoms with van der Waals surface area (Å²) in [4.78, 5) is 40.6. The van der Waals surface area contributed by atoms with Crippen LogP contribution in [0, 0.1) is 0 Å². The monoisotopic (exact) mass is 593 g/mol. The van der Waals surface area contributed by atoms with Crippen LogP contribution in [0.1, 0.15) is 24.0 Å². The van der Waals surface area contributed by atoms with Crippen LogP contribution in [-0.2, 0) is 17.8 Å². The summed E-state index contributed by atoms with van der Waals surface area (Å²) >= 11 is 6.72. The number of nitrogens with one attached hydrogen (secondary N) is 2. The number of piperidine rings is 1. The third kappa shape index (κ3) is 5.30. The number of rotatable bonds is 5. The lowest BCUT2D eigenvalue weighted by molar-refractivity contribution is -0.139. The molecule has 2 aromatic rings. The number of hydrogen-bond donors (Lipinski definition) is 4. The maximum atomic E-state index is 12.8. The first kappa shape index (κ1) is 24.3. The second-order valence-corrected chi connectivity index (χ2v) is 10.2. The van der Waals surface area contributed by atoms with Crippen LogP contribution in [0.3, 0.4) is 0 Å². The zero-order chi connectivity index (χ0) is 24.4. The fourth-order valence-electron chi connectivity index (χ4n) is 4.33. The van der Waals surface area contributed by atoms with Gasteiger partial charge in [0, 0.05) is 46.7 Å². The van der Waals surface area contributed by atoms with E-state index >= 15 is 0 Å². The number of likely N-dealkylation sites (tertiary alicyclic amines) is 1. The molecule has 4 amide bonds. The number of amides is 4. The van der Waals surface area contributed by atoms with E-state index in [2.05, 4.69) is 42.5 Å². The van der Waals surface area contributed by atoms with Gasteiger partial charge in [0.1, 0.15) is 6.04 Å². The van der Waals surface area contributed by atoms with Gasteiger partial charge in [0.2, 0.25) is 0 Å². The molecule has 1 atom stereocenters. The van der Waals surface area contributed by atoms with Gasteiger partial charge in [-0.2, -0.15) is 0 Å². The normalized spacial score (nSPS) is 17.1. The quantitative estimate of drug-likeness (QED) is 0.389. The molecule has 0 bridgehead atoms. The van der Waals surface area contributed by atoms with E-state index in [9.17, 15) is 19.5 Å². The highest BCUT2D eigenvalue weighted by Crippen LogP contribution is 2.30. The van der Waals surface area contributed by atoms with Crippen LogP contribution >= 0.6 is 31.9 Å². The molecule has 1 fully saturated rings. The van der Waals surface area contributed by atoms with Gasteiger partial charge < -0.3 is 31.3 Å². The molecule has 9 nitrogen and oxygen atoms in total. The number of anilines is 2. The summed E-state index contributed by atoms with van der Waals surface area (Å²) in [5.74, 6) is -1.11.